The predicted octanol–water partition coefficient (Wildman–Crippen LogP) is 7.30. The highest BCUT2D eigenvalue weighted by Crippen LogP contribution is 2.39. The Labute approximate surface area is 252 Å². The number of rotatable bonds is 7. The van der Waals surface area contributed by atoms with Gasteiger partial charge in [-0.1, -0.05) is 39.0 Å². The number of fused-ring (bicyclic) bond motifs is 1. The van der Waals surface area contributed by atoms with Gasteiger partial charge in [-0.05, 0) is 81.4 Å². The highest BCUT2D eigenvalue weighted by Gasteiger charge is 2.39. The largest absolute Gasteiger partial charge is 0.414 e. The van der Waals surface area contributed by atoms with Crippen LogP contribution < -0.4 is 15.8 Å². The fourth-order valence-corrected chi connectivity index (χ4v) is 7.63. The van der Waals surface area contributed by atoms with E-state index in [0.717, 1.165) is 66.9 Å². The van der Waals surface area contributed by atoms with Crippen LogP contribution in [0.5, 0.6) is 0 Å². The van der Waals surface area contributed by atoms with E-state index in [1.807, 2.05) is 13.1 Å². The van der Waals surface area contributed by atoms with Gasteiger partial charge in [0.2, 0.25) is 0 Å². The minimum Gasteiger partial charge on any atom is -0.414 e. The van der Waals surface area contributed by atoms with Crippen molar-refractivity contribution in [3.05, 3.63) is 63.7 Å². The van der Waals surface area contributed by atoms with Gasteiger partial charge in [-0.25, -0.2) is 4.98 Å². The van der Waals surface area contributed by atoms with E-state index in [1.165, 1.54) is 5.69 Å². The lowest BCUT2D eigenvalue weighted by molar-refractivity contribution is 0.0828. The Hall–Kier alpha value is -2.68. The number of hydrogen-bond acceptors (Lipinski definition) is 6. The van der Waals surface area contributed by atoms with Crippen molar-refractivity contribution in [2.45, 2.75) is 96.5 Å². The van der Waals surface area contributed by atoms with Crippen molar-refractivity contribution in [3.63, 3.8) is 0 Å². The van der Waals surface area contributed by atoms with Crippen molar-refractivity contribution in [2.75, 3.05) is 36.5 Å². The number of hydrogen-bond donors (Lipinski definition) is 1. The van der Waals surface area contributed by atoms with Crippen molar-refractivity contribution in [2.24, 2.45) is 7.05 Å². The summed E-state index contributed by atoms with van der Waals surface area (Å²) in [7, 11) is 0.0802. The number of nitrogens with zero attached hydrogens (tertiary/aromatic N) is 3. The molecule has 2 aliphatic rings. The molecule has 1 N–H and O–H groups in total. The molecule has 0 bridgehead atoms. The average molecular weight is 591 g/mol. The summed E-state index contributed by atoms with van der Waals surface area (Å²) in [5, 5.41) is 4.72. The van der Waals surface area contributed by atoms with Gasteiger partial charge in [0.15, 0.2) is 8.32 Å². The second kappa shape index (κ2) is 12.1. The van der Waals surface area contributed by atoms with Crippen LogP contribution in [0.25, 0.3) is 10.9 Å². The summed E-state index contributed by atoms with van der Waals surface area (Å²) in [5.74, 6) is 1.11. The number of aromatic nitrogens is 2. The van der Waals surface area contributed by atoms with Gasteiger partial charge in [0.25, 0.3) is 5.56 Å². The van der Waals surface area contributed by atoms with E-state index in [-0.39, 0.29) is 22.6 Å². The molecule has 0 aliphatic carbocycles. The van der Waals surface area contributed by atoms with Crippen LogP contribution in [-0.4, -0.2) is 50.3 Å². The molecule has 42 heavy (non-hydrogen) atoms. The molecule has 2 saturated heterocycles. The first-order valence-electron chi connectivity index (χ1n) is 15.7. The second-order valence-corrected chi connectivity index (χ2v) is 18.7. The Morgan fingerprint density at radius 1 is 1.07 bits per heavy atom. The number of benzene rings is 2. The van der Waals surface area contributed by atoms with Gasteiger partial charge >= 0.3 is 0 Å². The molecule has 0 amide bonds. The van der Waals surface area contributed by atoms with Crippen LogP contribution in [0.3, 0.4) is 0 Å². The van der Waals surface area contributed by atoms with E-state index in [2.05, 4.69) is 88.3 Å². The van der Waals surface area contributed by atoms with Crippen molar-refractivity contribution in [1.29, 1.82) is 0 Å². The van der Waals surface area contributed by atoms with Gasteiger partial charge < -0.3 is 19.4 Å². The van der Waals surface area contributed by atoms with Crippen LogP contribution in [0.1, 0.15) is 82.3 Å². The molecule has 2 aliphatic heterocycles. The Balaban J connectivity index is 1.39. The van der Waals surface area contributed by atoms with Gasteiger partial charge in [-0.15, -0.1) is 0 Å². The molecule has 1 atom stereocenters. The topological polar surface area (TPSA) is 68.6 Å². The highest BCUT2D eigenvalue weighted by atomic mass is 28.4. The molecule has 5 rings (SSSR count). The lowest BCUT2D eigenvalue weighted by Gasteiger charge is -2.42. The normalized spacial score (nSPS) is 18.4. The molecule has 3 heterocycles. The van der Waals surface area contributed by atoms with Crippen LogP contribution in [-0.2, 0) is 16.2 Å². The van der Waals surface area contributed by atoms with Gasteiger partial charge in [-0.3, -0.25) is 9.36 Å². The number of ether oxygens (including phenoxy) is 1. The number of aryl methyl sites for hydroxylation is 1. The van der Waals surface area contributed by atoms with E-state index < -0.39 is 8.32 Å². The molecule has 7 nitrogen and oxygen atoms in total. The summed E-state index contributed by atoms with van der Waals surface area (Å²) < 4.78 is 14.1. The number of nitrogens with one attached hydrogen (secondary N) is 1. The van der Waals surface area contributed by atoms with Crippen molar-refractivity contribution < 1.29 is 9.16 Å². The highest BCUT2D eigenvalue weighted by molar-refractivity contribution is 6.74. The van der Waals surface area contributed by atoms with E-state index in [0.29, 0.717) is 24.7 Å². The third-order valence-electron chi connectivity index (χ3n) is 9.77. The number of para-hydroxylation sites is 2. The summed E-state index contributed by atoms with van der Waals surface area (Å²) >= 11 is 0. The quantitative estimate of drug-likeness (QED) is 0.291. The van der Waals surface area contributed by atoms with Gasteiger partial charge in [0.1, 0.15) is 5.82 Å². The Kier molecular flexibility index (Phi) is 8.89. The molecule has 8 heteroatoms. The smallest absolute Gasteiger partial charge is 0.261 e. The van der Waals surface area contributed by atoms with Crippen LogP contribution in [0.4, 0.5) is 11.4 Å². The molecule has 0 unspecified atom stereocenters. The number of piperidine rings is 1. The first kappa shape index (κ1) is 30.8. The van der Waals surface area contributed by atoms with Crippen molar-refractivity contribution >= 4 is 30.6 Å². The first-order valence-corrected chi connectivity index (χ1v) is 18.6. The molecule has 0 radical (unpaired) electrons. The van der Waals surface area contributed by atoms with Crippen LogP contribution in [0, 0.1) is 6.92 Å². The molecule has 228 valence electrons. The molecule has 0 spiro atoms. The zero-order valence-electron chi connectivity index (χ0n) is 26.9. The zero-order valence-corrected chi connectivity index (χ0v) is 27.9. The minimum absolute atomic E-state index is 0.0295. The van der Waals surface area contributed by atoms with E-state index in [1.54, 1.807) is 4.57 Å². The maximum absolute atomic E-state index is 13.6. The summed E-state index contributed by atoms with van der Waals surface area (Å²) in [6, 6.07) is 12.7. The monoisotopic (exact) mass is 590 g/mol. The molecule has 2 fully saturated rings. The average Bonchev–Trinajstić information content (AvgIpc) is 2.95. The van der Waals surface area contributed by atoms with Gasteiger partial charge in [0, 0.05) is 50.9 Å². The maximum Gasteiger partial charge on any atom is 0.261 e. The van der Waals surface area contributed by atoms with Crippen LogP contribution in [0.15, 0.2) is 41.2 Å². The molecule has 2 aromatic carbocycles. The Bertz CT molecular complexity index is 1460. The minimum atomic E-state index is -1.78. The lowest BCUT2D eigenvalue weighted by atomic mass is 9.97. The maximum atomic E-state index is 13.6. The Morgan fingerprint density at radius 2 is 1.74 bits per heavy atom. The van der Waals surface area contributed by atoms with Gasteiger partial charge in [-0.2, -0.15) is 0 Å². The van der Waals surface area contributed by atoms with Crippen molar-refractivity contribution in [3.8, 4) is 0 Å². The van der Waals surface area contributed by atoms with E-state index >= 15 is 0 Å². The third-order valence-corrected chi connectivity index (χ3v) is 14.3. The Morgan fingerprint density at radius 3 is 2.40 bits per heavy atom. The molecular weight excluding hydrogens is 540 g/mol. The van der Waals surface area contributed by atoms with Crippen LogP contribution in [0.2, 0.25) is 18.1 Å². The fraction of sp³-hybridized carbons (Fsp3) is 0.588. The molecule has 3 aromatic rings. The van der Waals surface area contributed by atoms with Gasteiger partial charge in [0.05, 0.1) is 28.3 Å². The number of anilines is 2. The lowest BCUT2D eigenvalue weighted by Crippen LogP contribution is -2.47. The van der Waals surface area contributed by atoms with E-state index in [9.17, 15) is 4.79 Å². The SMILES string of the molecule is Cc1cc([C@@H](C)Nc2ccccc2N2CCC(O[Si](C)(C)C(C)(C)C)CC2)c2nc(C3CCOCC3)n(C)c(=O)c2c1. The second-order valence-electron chi connectivity index (χ2n) is 13.9. The van der Waals surface area contributed by atoms with Crippen molar-refractivity contribution in [1.82, 2.24) is 9.55 Å². The summed E-state index contributed by atoms with van der Waals surface area (Å²) in [6.45, 7) is 19.3. The molecule has 0 saturated carbocycles. The molecular formula is C34H50N4O3Si. The first-order chi connectivity index (χ1) is 19.9. The standard InChI is InChI=1S/C34H50N4O3Si/c1-23-21-27(31-28(22-23)33(39)37(6)32(36-31)25-15-19-40-20-16-25)24(2)35-29-11-9-10-12-30(29)38-17-13-26(14-18-38)41-42(7,8)34(3,4)5/h9-12,21-22,24-26,35H,13-20H2,1-8H3/t24-/m1/s1. The van der Waals surface area contributed by atoms with Crippen LogP contribution >= 0.6 is 0 Å². The molecule has 1 aromatic heterocycles. The van der Waals surface area contributed by atoms with E-state index in [4.69, 9.17) is 14.1 Å². The predicted molar refractivity (Wildman–Crippen MR) is 177 cm³/mol. The fourth-order valence-electron chi connectivity index (χ4n) is 6.21. The zero-order chi connectivity index (χ0) is 30.2. The summed E-state index contributed by atoms with van der Waals surface area (Å²) in [5.41, 5.74) is 5.30. The summed E-state index contributed by atoms with van der Waals surface area (Å²) in [4.78, 5) is 21.2. The summed E-state index contributed by atoms with van der Waals surface area (Å²) in [6.07, 6.45) is 4.21. The third kappa shape index (κ3) is 6.31.